The van der Waals surface area contributed by atoms with Crippen LogP contribution in [0.15, 0.2) is 47.3 Å². The number of nitrogens with one attached hydrogen (secondary N) is 1. The zero-order valence-corrected chi connectivity index (χ0v) is 11.3. The Hall–Kier alpha value is -2.49. The zero-order valence-electron chi connectivity index (χ0n) is 11.3. The summed E-state index contributed by atoms with van der Waals surface area (Å²) in [5.74, 6) is 0. The lowest BCUT2D eigenvalue weighted by molar-refractivity contribution is 0.955. The van der Waals surface area contributed by atoms with Crippen LogP contribution in [0, 0.1) is 0 Å². The molecule has 0 fully saturated rings. The summed E-state index contributed by atoms with van der Waals surface area (Å²) >= 11 is 0. The predicted octanol–water partition coefficient (Wildman–Crippen LogP) is 2.31. The van der Waals surface area contributed by atoms with Gasteiger partial charge in [-0.25, -0.2) is 4.79 Å². The van der Waals surface area contributed by atoms with E-state index in [4.69, 9.17) is 0 Å². The fourth-order valence-electron chi connectivity index (χ4n) is 3.00. The molecule has 2 heterocycles. The van der Waals surface area contributed by atoms with Crippen LogP contribution in [0.25, 0.3) is 16.7 Å². The summed E-state index contributed by atoms with van der Waals surface area (Å²) in [7, 11) is 2.10. The second kappa shape index (κ2) is 4.00. The fraction of sp³-hybridized carbons (Fsp3) is 0.188. The van der Waals surface area contributed by atoms with Crippen LogP contribution in [-0.4, -0.2) is 23.1 Å². The van der Waals surface area contributed by atoms with Crippen LogP contribution >= 0.6 is 0 Å². The first-order chi connectivity index (χ1) is 9.74. The van der Waals surface area contributed by atoms with Crippen LogP contribution in [0.3, 0.4) is 0 Å². The van der Waals surface area contributed by atoms with Gasteiger partial charge in [-0.3, -0.25) is 4.57 Å². The van der Waals surface area contributed by atoms with Gasteiger partial charge in [0.05, 0.1) is 16.7 Å². The van der Waals surface area contributed by atoms with Crippen molar-refractivity contribution in [2.75, 3.05) is 18.5 Å². The minimum atomic E-state index is -0.0856. The molecule has 0 atom stereocenters. The topological polar surface area (TPSA) is 41.0 Å². The second-order valence-electron chi connectivity index (χ2n) is 5.27. The Bertz CT molecular complexity index is 860. The second-order valence-corrected chi connectivity index (χ2v) is 5.27. The smallest absolute Gasteiger partial charge is 0.331 e. The van der Waals surface area contributed by atoms with Gasteiger partial charge in [0.15, 0.2) is 0 Å². The normalized spacial score (nSPS) is 13.9. The van der Waals surface area contributed by atoms with E-state index in [1.807, 2.05) is 30.3 Å². The van der Waals surface area contributed by atoms with Crippen molar-refractivity contribution >= 4 is 16.7 Å². The molecule has 0 unspecified atom stereocenters. The molecule has 1 N–H and O–H groups in total. The lowest BCUT2D eigenvalue weighted by Gasteiger charge is -2.12. The molecule has 100 valence electrons. The van der Waals surface area contributed by atoms with Gasteiger partial charge in [0.2, 0.25) is 0 Å². The van der Waals surface area contributed by atoms with Gasteiger partial charge in [-0.05, 0) is 42.3 Å². The highest BCUT2D eigenvalue weighted by Crippen LogP contribution is 2.29. The molecule has 4 heteroatoms. The standard InChI is InChI=1S/C16H15N3O/c1-18-9-8-11-10-12(6-7-14(11)18)19-15-5-3-2-4-13(15)17-16(19)20/h2-7,10H,8-9H2,1H3,(H,17,20). The molecule has 0 saturated carbocycles. The number of aromatic amines is 1. The maximum absolute atomic E-state index is 12.2. The van der Waals surface area contributed by atoms with Crippen molar-refractivity contribution in [2.45, 2.75) is 6.42 Å². The summed E-state index contributed by atoms with van der Waals surface area (Å²) in [6.07, 6.45) is 1.04. The molecular weight excluding hydrogens is 250 g/mol. The number of fused-ring (bicyclic) bond motifs is 2. The van der Waals surface area contributed by atoms with E-state index in [0.29, 0.717) is 0 Å². The summed E-state index contributed by atoms with van der Waals surface area (Å²) in [6.45, 7) is 1.04. The van der Waals surface area contributed by atoms with Crippen LogP contribution in [0.4, 0.5) is 5.69 Å². The first-order valence-corrected chi connectivity index (χ1v) is 6.78. The van der Waals surface area contributed by atoms with E-state index in [0.717, 1.165) is 29.7 Å². The van der Waals surface area contributed by atoms with Gasteiger partial charge in [0.1, 0.15) is 0 Å². The molecule has 0 aliphatic carbocycles. The van der Waals surface area contributed by atoms with Crippen molar-refractivity contribution in [3.05, 3.63) is 58.5 Å². The van der Waals surface area contributed by atoms with Gasteiger partial charge in [0.25, 0.3) is 0 Å². The maximum atomic E-state index is 12.2. The quantitative estimate of drug-likeness (QED) is 0.733. The molecule has 20 heavy (non-hydrogen) atoms. The van der Waals surface area contributed by atoms with Gasteiger partial charge < -0.3 is 9.88 Å². The Morgan fingerprint density at radius 2 is 2.00 bits per heavy atom. The van der Waals surface area contributed by atoms with E-state index in [-0.39, 0.29) is 5.69 Å². The Morgan fingerprint density at radius 3 is 2.90 bits per heavy atom. The molecule has 4 nitrogen and oxygen atoms in total. The fourth-order valence-corrected chi connectivity index (χ4v) is 3.00. The highest BCUT2D eigenvalue weighted by molar-refractivity contribution is 5.77. The van der Waals surface area contributed by atoms with E-state index in [1.165, 1.54) is 11.3 Å². The van der Waals surface area contributed by atoms with Crippen LogP contribution < -0.4 is 10.6 Å². The average molecular weight is 265 g/mol. The van der Waals surface area contributed by atoms with E-state index in [9.17, 15) is 4.79 Å². The van der Waals surface area contributed by atoms with Gasteiger partial charge in [-0.1, -0.05) is 12.1 Å². The largest absolute Gasteiger partial charge is 0.374 e. The van der Waals surface area contributed by atoms with E-state index in [1.54, 1.807) is 4.57 Å². The van der Waals surface area contributed by atoms with Gasteiger partial charge in [-0.15, -0.1) is 0 Å². The summed E-state index contributed by atoms with van der Waals surface area (Å²) in [5.41, 5.74) is 5.21. The molecule has 0 radical (unpaired) electrons. The highest BCUT2D eigenvalue weighted by atomic mass is 16.1. The Labute approximate surface area is 116 Å². The number of benzene rings is 2. The van der Waals surface area contributed by atoms with E-state index < -0.39 is 0 Å². The Kier molecular flexibility index (Phi) is 2.27. The molecule has 1 aromatic heterocycles. The first kappa shape index (κ1) is 11.3. The molecule has 0 spiro atoms. The van der Waals surface area contributed by atoms with Crippen molar-refractivity contribution in [2.24, 2.45) is 0 Å². The molecule has 0 bridgehead atoms. The van der Waals surface area contributed by atoms with Gasteiger partial charge in [0, 0.05) is 19.3 Å². The Morgan fingerprint density at radius 1 is 1.15 bits per heavy atom. The van der Waals surface area contributed by atoms with Crippen molar-refractivity contribution in [1.82, 2.24) is 9.55 Å². The number of rotatable bonds is 1. The number of aromatic nitrogens is 2. The molecular formula is C16H15N3O. The third-order valence-electron chi connectivity index (χ3n) is 4.04. The van der Waals surface area contributed by atoms with Crippen LogP contribution in [-0.2, 0) is 6.42 Å². The molecule has 1 aliphatic rings. The number of H-pyrrole nitrogens is 1. The highest BCUT2D eigenvalue weighted by Gasteiger charge is 2.17. The zero-order chi connectivity index (χ0) is 13.7. The van der Waals surface area contributed by atoms with Gasteiger partial charge in [-0.2, -0.15) is 0 Å². The van der Waals surface area contributed by atoms with Crippen molar-refractivity contribution in [3.63, 3.8) is 0 Å². The van der Waals surface area contributed by atoms with Crippen molar-refractivity contribution in [3.8, 4) is 5.69 Å². The van der Waals surface area contributed by atoms with Crippen molar-refractivity contribution in [1.29, 1.82) is 0 Å². The van der Waals surface area contributed by atoms with Crippen LogP contribution in [0.5, 0.6) is 0 Å². The van der Waals surface area contributed by atoms with Crippen molar-refractivity contribution < 1.29 is 0 Å². The summed E-state index contributed by atoms with van der Waals surface area (Å²) in [4.78, 5) is 17.3. The molecule has 4 rings (SSSR count). The molecule has 1 aliphatic heterocycles. The third kappa shape index (κ3) is 1.51. The number of nitrogens with zero attached hydrogens (tertiary/aromatic N) is 2. The predicted molar refractivity (Wildman–Crippen MR) is 80.9 cm³/mol. The molecule has 0 amide bonds. The minimum Gasteiger partial charge on any atom is -0.374 e. The lowest BCUT2D eigenvalue weighted by atomic mass is 10.1. The monoisotopic (exact) mass is 265 g/mol. The molecule has 3 aromatic rings. The van der Waals surface area contributed by atoms with E-state index in [2.05, 4.69) is 29.1 Å². The first-order valence-electron chi connectivity index (χ1n) is 6.78. The number of likely N-dealkylation sites (N-methyl/N-ethyl adjacent to an activating group) is 1. The third-order valence-corrected chi connectivity index (χ3v) is 4.04. The number of anilines is 1. The van der Waals surface area contributed by atoms with Crippen LogP contribution in [0.2, 0.25) is 0 Å². The maximum Gasteiger partial charge on any atom is 0.331 e. The summed E-state index contributed by atoms with van der Waals surface area (Å²) in [5, 5.41) is 0. The number of imidazole rings is 1. The molecule has 0 saturated heterocycles. The minimum absolute atomic E-state index is 0.0856. The SMILES string of the molecule is CN1CCc2cc(-n3c(=O)[nH]c4ccccc43)ccc21. The summed E-state index contributed by atoms with van der Waals surface area (Å²) < 4.78 is 1.74. The average Bonchev–Trinajstić information content (AvgIpc) is 2.98. The number of hydrogen-bond acceptors (Lipinski definition) is 2. The summed E-state index contributed by atoms with van der Waals surface area (Å²) in [6, 6.07) is 14.0. The lowest BCUT2D eigenvalue weighted by Crippen LogP contribution is -2.15. The Balaban J connectivity index is 1.96. The number of hydrogen-bond donors (Lipinski definition) is 1. The molecule has 2 aromatic carbocycles. The van der Waals surface area contributed by atoms with Crippen LogP contribution in [0.1, 0.15) is 5.56 Å². The van der Waals surface area contributed by atoms with Gasteiger partial charge >= 0.3 is 5.69 Å². The van der Waals surface area contributed by atoms with E-state index >= 15 is 0 Å². The number of para-hydroxylation sites is 2.